The zero-order valence-corrected chi connectivity index (χ0v) is 12.1. The lowest BCUT2D eigenvalue weighted by Gasteiger charge is -2.29. The van der Waals surface area contributed by atoms with Gasteiger partial charge in [-0.2, -0.15) is 0 Å². The van der Waals surface area contributed by atoms with Gasteiger partial charge >= 0.3 is 0 Å². The third kappa shape index (κ3) is 2.52. The summed E-state index contributed by atoms with van der Waals surface area (Å²) in [6, 6.07) is 4.30. The van der Waals surface area contributed by atoms with Crippen LogP contribution in [0.2, 0.25) is 0 Å². The van der Waals surface area contributed by atoms with E-state index < -0.39 is 0 Å². The number of anilines is 1. The summed E-state index contributed by atoms with van der Waals surface area (Å²) in [4.78, 5) is 2.36. The van der Waals surface area contributed by atoms with E-state index in [0.717, 1.165) is 23.4 Å². The van der Waals surface area contributed by atoms with Crippen LogP contribution in [0.15, 0.2) is 12.1 Å². The topological polar surface area (TPSA) is 38.5 Å². The van der Waals surface area contributed by atoms with Gasteiger partial charge in [0.2, 0.25) is 0 Å². The molecular formula is C15H24N2O. The van der Waals surface area contributed by atoms with Gasteiger partial charge in [-0.3, -0.25) is 4.90 Å². The summed E-state index contributed by atoms with van der Waals surface area (Å²) in [6.07, 6.45) is 0.169. The molecule has 2 N–H and O–H groups in total. The molecule has 1 saturated heterocycles. The number of benzene rings is 1. The van der Waals surface area contributed by atoms with Crippen LogP contribution in [0.4, 0.5) is 5.69 Å². The maximum Gasteiger partial charge on any atom is 0.100 e. The van der Waals surface area contributed by atoms with Crippen molar-refractivity contribution in [3.63, 3.8) is 0 Å². The molecule has 1 heterocycles. The number of hydrogen-bond acceptors (Lipinski definition) is 3. The van der Waals surface area contributed by atoms with Crippen LogP contribution < -0.4 is 5.73 Å². The van der Waals surface area contributed by atoms with E-state index in [1.54, 1.807) is 0 Å². The highest BCUT2D eigenvalue weighted by molar-refractivity contribution is 5.54. The molecule has 1 aliphatic heterocycles. The quantitative estimate of drug-likeness (QED) is 0.776. The second-order valence-electron chi connectivity index (χ2n) is 6.25. The fourth-order valence-electron chi connectivity index (χ4n) is 2.35. The highest BCUT2D eigenvalue weighted by Crippen LogP contribution is 2.31. The zero-order chi connectivity index (χ0) is 13.5. The average Bonchev–Trinajstić information content (AvgIpc) is 2.73. The Morgan fingerprint density at radius 1 is 1.22 bits per heavy atom. The number of hydrogen-bond donors (Lipinski definition) is 1. The van der Waals surface area contributed by atoms with E-state index in [4.69, 9.17) is 10.5 Å². The van der Waals surface area contributed by atoms with E-state index in [9.17, 15) is 0 Å². The van der Waals surface area contributed by atoms with Crippen LogP contribution in [0.1, 0.15) is 43.6 Å². The second kappa shape index (κ2) is 4.56. The predicted molar refractivity (Wildman–Crippen MR) is 75.5 cm³/mol. The van der Waals surface area contributed by atoms with Crippen molar-refractivity contribution in [2.75, 3.05) is 19.0 Å². The van der Waals surface area contributed by atoms with Crippen molar-refractivity contribution in [2.24, 2.45) is 0 Å². The van der Waals surface area contributed by atoms with E-state index in [0.29, 0.717) is 6.73 Å². The fraction of sp³-hybridized carbons (Fsp3) is 0.600. The molecule has 18 heavy (non-hydrogen) atoms. The van der Waals surface area contributed by atoms with E-state index in [1.807, 2.05) is 0 Å². The summed E-state index contributed by atoms with van der Waals surface area (Å²) in [5, 5.41) is 0. The molecule has 1 aromatic carbocycles. The minimum absolute atomic E-state index is 0.159. The molecule has 1 atom stereocenters. The Balaban J connectivity index is 2.20. The Hall–Kier alpha value is -1.06. The van der Waals surface area contributed by atoms with Crippen molar-refractivity contribution < 1.29 is 4.74 Å². The van der Waals surface area contributed by atoms with Crippen LogP contribution >= 0.6 is 0 Å². The first kappa shape index (κ1) is 13.4. The number of rotatable bonds is 1. The number of aryl methyl sites for hydroxylation is 2. The summed E-state index contributed by atoms with van der Waals surface area (Å²) in [5.74, 6) is 0. The minimum Gasteiger partial charge on any atom is -0.398 e. The number of ether oxygens (including phenoxy) is 1. The van der Waals surface area contributed by atoms with Crippen molar-refractivity contribution in [1.82, 2.24) is 4.90 Å². The van der Waals surface area contributed by atoms with Crippen molar-refractivity contribution in [2.45, 2.75) is 46.3 Å². The van der Waals surface area contributed by atoms with Gasteiger partial charge in [-0.05, 0) is 51.3 Å². The maximum atomic E-state index is 5.99. The van der Waals surface area contributed by atoms with Gasteiger partial charge in [0.15, 0.2) is 0 Å². The SMILES string of the molecule is Cc1cc(C2CN(C(C)(C)C)CO2)cc(C)c1N. The van der Waals surface area contributed by atoms with Crippen LogP contribution in [-0.2, 0) is 4.74 Å². The average molecular weight is 248 g/mol. The van der Waals surface area contributed by atoms with Gasteiger partial charge in [0.25, 0.3) is 0 Å². The predicted octanol–water partition coefficient (Wildman–Crippen LogP) is 3.01. The third-order valence-electron chi connectivity index (χ3n) is 3.75. The van der Waals surface area contributed by atoms with Crippen molar-refractivity contribution in [1.29, 1.82) is 0 Å². The lowest BCUT2D eigenvalue weighted by atomic mass is 10.00. The third-order valence-corrected chi connectivity index (χ3v) is 3.75. The largest absolute Gasteiger partial charge is 0.398 e. The number of nitrogen functional groups attached to an aromatic ring is 1. The zero-order valence-electron chi connectivity index (χ0n) is 12.1. The molecular weight excluding hydrogens is 224 g/mol. The second-order valence-corrected chi connectivity index (χ2v) is 6.25. The highest BCUT2D eigenvalue weighted by atomic mass is 16.5. The molecule has 0 amide bonds. The molecule has 3 nitrogen and oxygen atoms in total. The molecule has 0 spiro atoms. The fourth-order valence-corrected chi connectivity index (χ4v) is 2.35. The monoisotopic (exact) mass is 248 g/mol. The van der Waals surface area contributed by atoms with E-state index in [-0.39, 0.29) is 11.6 Å². The molecule has 1 unspecified atom stereocenters. The lowest BCUT2D eigenvalue weighted by molar-refractivity contribution is 0.0607. The highest BCUT2D eigenvalue weighted by Gasteiger charge is 2.31. The van der Waals surface area contributed by atoms with Gasteiger partial charge < -0.3 is 10.5 Å². The summed E-state index contributed by atoms with van der Waals surface area (Å²) in [5.41, 5.74) is 10.6. The Kier molecular flexibility index (Phi) is 3.39. The Labute approximate surface area is 110 Å². The van der Waals surface area contributed by atoms with Crippen molar-refractivity contribution in [3.8, 4) is 0 Å². The number of nitrogens with two attached hydrogens (primary N) is 1. The Bertz CT molecular complexity index is 425. The number of nitrogens with zero attached hydrogens (tertiary/aromatic N) is 1. The molecule has 100 valence electrons. The summed E-state index contributed by atoms with van der Waals surface area (Å²) in [6.45, 7) is 12.4. The van der Waals surface area contributed by atoms with Crippen molar-refractivity contribution in [3.05, 3.63) is 28.8 Å². The molecule has 1 aromatic rings. The normalized spacial score (nSPS) is 21.5. The molecule has 0 saturated carbocycles. The summed E-state index contributed by atoms with van der Waals surface area (Å²) >= 11 is 0. The van der Waals surface area contributed by atoms with Crippen LogP contribution in [0.3, 0.4) is 0 Å². The van der Waals surface area contributed by atoms with E-state index >= 15 is 0 Å². The minimum atomic E-state index is 0.159. The van der Waals surface area contributed by atoms with Crippen LogP contribution in [-0.4, -0.2) is 23.7 Å². The molecule has 2 rings (SSSR count). The molecule has 0 aromatic heterocycles. The van der Waals surface area contributed by atoms with Gasteiger partial charge in [-0.15, -0.1) is 0 Å². The van der Waals surface area contributed by atoms with Gasteiger partial charge in [0.05, 0.1) is 6.10 Å². The lowest BCUT2D eigenvalue weighted by Crippen LogP contribution is -2.39. The summed E-state index contributed by atoms with van der Waals surface area (Å²) < 4.78 is 5.91. The Morgan fingerprint density at radius 3 is 2.22 bits per heavy atom. The summed E-state index contributed by atoms with van der Waals surface area (Å²) in [7, 11) is 0. The van der Waals surface area contributed by atoms with Crippen LogP contribution in [0.25, 0.3) is 0 Å². The molecule has 1 fully saturated rings. The molecule has 0 aliphatic carbocycles. The van der Waals surface area contributed by atoms with Crippen LogP contribution in [0, 0.1) is 13.8 Å². The molecule has 1 aliphatic rings. The molecule has 0 radical (unpaired) electrons. The van der Waals surface area contributed by atoms with Gasteiger partial charge in [0, 0.05) is 17.8 Å². The van der Waals surface area contributed by atoms with Crippen LogP contribution in [0.5, 0.6) is 0 Å². The van der Waals surface area contributed by atoms with Gasteiger partial charge in [0.1, 0.15) is 6.73 Å². The first-order valence-corrected chi connectivity index (χ1v) is 6.52. The first-order valence-electron chi connectivity index (χ1n) is 6.52. The van der Waals surface area contributed by atoms with Crippen molar-refractivity contribution >= 4 is 5.69 Å². The molecule has 0 bridgehead atoms. The Morgan fingerprint density at radius 2 is 1.78 bits per heavy atom. The van der Waals surface area contributed by atoms with Gasteiger partial charge in [-0.1, -0.05) is 12.1 Å². The van der Waals surface area contributed by atoms with Gasteiger partial charge in [-0.25, -0.2) is 0 Å². The van der Waals surface area contributed by atoms with E-state index in [2.05, 4.69) is 51.7 Å². The first-order chi connectivity index (χ1) is 8.29. The standard InChI is InChI=1S/C15H24N2O/c1-10-6-12(7-11(2)14(10)16)13-8-17(9-18-13)15(3,4)5/h6-7,13H,8-9,16H2,1-5H3. The van der Waals surface area contributed by atoms with E-state index in [1.165, 1.54) is 5.56 Å². The maximum absolute atomic E-state index is 5.99. The smallest absolute Gasteiger partial charge is 0.100 e. The molecule has 3 heteroatoms.